The summed E-state index contributed by atoms with van der Waals surface area (Å²) in [5.41, 5.74) is -0.0159. The first-order chi connectivity index (χ1) is 9.08. The van der Waals surface area contributed by atoms with Crippen molar-refractivity contribution in [2.24, 2.45) is 0 Å². The first kappa shape index (κ1) is 14.1. The van der Waals surface area contributed by atoms with Crippen molar-refractivity contribution in [3.63, 3.8) is 0 Å². The summed E-state index contributed by atoms with van der Waals surface area (Å²) in [4.78, 5) is 14.2. The van der Waals surface area contributed by atoms with Gasteiger partial charge in [0.2, 0.25) is 0 Å². The molecular weight excluding hydrogens is 248 g/mol. The van der Waals surface area contributed by atoms with E-state index >= 15 is 0 Å². The van der Waals surface area contributed by atoms with Crippen molar-refractivity contribution in [3.8, 4) is 0 Å². The van der Waals surface area contributed by atoms with Gasteiger partial charge in [0.05, 0.1) is 12.1 Å². The van der Waals surface area contributed by atoms with E-state index in [1.165, 1.54) is 18.9 Å². The van der Waals surface area contributed by atoms with Crippen LogP contribution in [0.15, 0.2) is 18.2 Å². The lowest BCUT2D eigenvalue weighted by Crippen LogP contribution is -2.37. The molecule has 1 atom stereocenters. The Hall–Kier alpha value is -1.29. The highest BCUT2D eigenvalue weighted by Crippen LogP contribution is 2.18. The summed E-state index contributed by atoms with van der Waals surface area (Å²) in [6.45, 7) is 3.18. The van der Waals surface area contributed by atoms with E-state index in [9.17, 15) is 13.6 Å². The van der Waals surface area contributed by atoms with E-state index in [1.54, 1.807) is 0 Å². The van der Waals surface area contributed by atoms with Crippen LogP contribution >= 0.6 is 0 Å². The van der Waals surface area contributed by atoms with E-state index in [0.717, 1.165) is 31.5 Å². The molecule has 1 aliphatic rings. The third-order valence-corrected chi connectivity index (χ3v) is 3.77. The van der Waals surface area contributed by atoms with Gasteiger partial charge in [-0.3, -0.25) is 9.69 Å². The van der Waals surface area contributed by atoms with Crippen LogP contribution in [0.5, 0.6) is 0 Å². The zero-order chi connectivity index (χ0) is 13.8. The number of hydrogen-bond donors (Lipinski definition) is 0. The molecule has 19 heavy (non-hydrogen) atoms. The molecule has 1 saturated heterocycles. The van der Waals surface area contributed by atoms with Crippen molar-refractivity contribution in [2.75, 3.05) is 13.1 Å². The number of carbonyl (C=O) groups excluding carboxylic acids is 1. The second-order valence-electron chi connectivity index (χ2n) is 5.22. The van der Waals surface area contributed by atoms with Gasteiger partial charge in [-0.25, -0.2) is 8.78 Å². The van der Waals surface area contributed by atoms with Gasteiger partial charge in [0.1, 0.15) is 11.6 Å². The Morgan fingerprint density at radius 3 is 2.84 bits per heavy atom. The van der Waals surface area contributed by atoms with E-state index in [-0.39, 0.29) is 17.9 Å². The molecule has 1 unspecified atom stereocenters. The molecule has 0 spiro atoms. The van der Waals surface area contributed by atoms with Crippen molar-refractivity contribution >= 4 is 5.78 Å². The van der Waals surface area contributed by atoms with Crippen LogP contribution in [0.2, 0.25) is 0 Å². The van der Waals surface area contributed by atoms with Gasteiger partial charge in [-0.15, -0.1) is 0 Å². The fourth-order valence-corrected chi connectivity index (χ4v) is 2.55. The van der Waals surface area contributed by atoms with E-state index < -0.39 is 11.6 Å². The van der Waals surface area contributed by atoms with Crippen molar-refractivity contribution in [3.05, 3.63) is 35.4 Å². The number of carbonyl (C=O) groups is 1. The maximum absolute atomic E-state index is 13.6. The molecule has 1 aromatic rings. The normalized spacial score (nSPS) is 21.1. The summed E-state index contributed by atoms with van der Waals surface area (Å²) in [5, 5.41) is 0. The molecule has 0 radical (unpaired) electrons. The zero-order valence-electron chi connectivity index (χ0n) is 11.2. The first-order valence-electron chi connectivity index (χ1n) is 6.80. The first-order valence-corrected chi connectivity index (χ1v) is 6.80. The van der Waals surface area contributed by atoms with Gasteiger partial charge in [0, 0.05) is 12.1 Å². The van der Waals surface area contributed by atoms with Gasteiger partial charge < -0.3 is 0 Å². The molecule has 1 aliphatic heterocycles. The zero-order valence-corrected chi connectivity index (χ0v) is 11.2. The smallest absolute Gasteiger partial charge is 0.179 e. The molecule has 104 valence electrons. The van der Waals surface area contributed by atoms with Crippen LogP contribution in [-0.4, -0.2) is 29.8 Å². The molecule has 0 aromatic heterocycles. The summed E-state index contributed by atoms with van der Waals surface area (Å²) >= 11 is 0. The molecule has 0 saturated carbocycles. The average molecular weight is 267 g/mol. The van der Waals surface area contributed by atoms with Gasteiger partial charge in [-0.05, 0) is 38.4 Å². The summed E-state index contributed by atoms with van der Waals surface area (Å²) in [7, 11) is 0. The number of rotatable bonds is 3. The van der Waals surface area contributed by atoms with Crippen molar-refractivity contribution in [1.82, 2.24) is 4.90 Å². The van der Waals surface area contributed by atoms with Gasteiger partial charge in [-0.2, -0.15) is 0 Å². The number of halogens is 2. The number of nitrogens with zero attached hydrogens (tertiary/aromatic N) is 1. The third kappa shape index (κ3) is 3.60. The fraction of sp³-hybridized carbons (Fsp3) is 0.533. The molecule has 4 heteroatoms. The molecule has 2 nitrogen and oxygen atoms in total. The van der Waals surface area contributed by atoms with E-state index in [4.69, 9.17) is 0 Å². The topological polar surface area (TPSA) is 20.3 Å². The molecule has 0 bridgehead atoms. The SMILES string of the molecule is CC1CCCCCN1CC(=O)c1ccc(F)cc1F. The minimum atomic E-state index is -0.771. The lowest BCUT2D eigenvalue weighted by molar-refractivity contribution is 0.0897. The van der Waals surface area contributed by atoms with Crippen LogP contribution in [0.3, 0.4) is 0 Å². The van der Waals surface area contributed by atoms with Crippen molar-refractivity contribution in [1.29, 1.82) is 0 Å². The molecular formula is C15H19F2NO. The molecule has 0 N–H and O–H groups in total. The standard InChI is InChI=1S/C15H19F2NO/c1-11-5-3-2-4-8-18(11)10-15(19)13-7-6-12(16)9-14(13)17/h6-7,9,11H,2-5,8,10H2,1H3. The summed E-state index contributed by atoms with van der Waals surface area (Å²) in [5.74, 6) is -1.70. The highest BCUT2D eigenvalue weighted by atomic mass is 19.1. The molecule has 1 fully saturated rings. The van der Waals surface area contributed by atoms with E-state index in [1.807, 2.05) is 0 Å². The number of Topliss-reactive ketones (excluding diaryl/α,β-unsaturated/α-hetero) is 1. The highest BCUT2D eigenvalue weighted by Gasteiger charge is 2.21. The summed E-state index contributed by atoms with van der Waals surface area (Å²) < 4.78 is 26.4. The Morgan fingerprint density at radius 1 is 1.32 bits per heavy atom. The molecule has 1 heterocycles. The van der Waals surface area contributed by atoms with Gasteiger partial charge in [0.25, 0.3) is 0 Å². The highest BCUT2D eigenvalue weighted by molar-refractivity contribution is 5.97. The number of benzene rings is 1. The van der Waals surface area contributed by atoms with Crippen LogP contribution in [0.1, 0.15) is 43.0 Å². The second kappa shape index (κ2) is 6.24. The quantitative estimate of drug-likeness (QED) is 0.782. The fourth-order valence-electron chi connectivity index (χ4n) is 2.55. The van der Waals surface area contributed by atoms with E-state index in [2.05, 4.69) is 11.8 Å². The van der Waals surface area contributed by atoms with Crippen molar-refractivity contribution < 1.29 is 13.6 Å². The van der Waals surface area contributed by atoms with Gasteiger partial charge >= 0.3 is 0 Å². The molecule has 0 amide bonds. The predicted octanol–water partition coefficient (Wildman–Crippen LogP) is 3.41. The lowest BCUT2D eigenvalue weighted by atomic mass is 10.1. The maximum Gasteiger partial charge on any atom is 0.179 e. The Morgan fingerprint density at radius 2 is 2.11 bits per heavy atom. The molecule has 0 aliphatic carbocycles. The Kier molecular flexibility index (Phi) is 4.64. The van der Waals surface area contributed by atoms with Crippen LogP contribution in [-0.2, 0) is 0 Å². The van der Waals surface area contributed by atoms with Crippen LogP contribution in [0.25, 0.3) is 0 Å². The van der Waals surface area contributed by atoms with Crippen molar-refractivity contribution in [2.45, 2.75) is 38.6 Å². The lowest BCUT2D eigenvalue weighted by Gasteiger charge is -2.26. The predicted molar refractivity (Wildman–Crippen MR) is 70.2 cm³/mol. The minimum Gasteiger partial charge on any atom is -0.293 e. The number of ketones is 1. The van der Waals surface area contributed by atoms with E-state index in [0.29, 0.717) is 6.04 Å². The summed E-state index contributed by atoms with van der Waals surface area (Å²) in [6.07, 6.45) is 4.50. The third-order valence-electron chi connectivity index (χ3n) is 3.77. The maximum atomic E-state index is 13.6. The molecule has 1 aromatic carbocycles. The Labute approximate surface area is 112 Å². The monoisotopic (exact) mass is 267 g/mol. The Balaban J connectivity index is 2.07. The minimum absolute atomic E-state index is 0.0159. The van der Waals surface area contributed by atoms with Crippen LogP contribution in [0.4, 0.5) is 8.78 Å². The molecule has 2 rings (SSSR count). The summed E-state index contributed by atoms with van der Waals surface area (Å²) in [6, 6.07) is 3.46. The number of likely N-dealkylation sites (tertiary alicyclic amines) is 1. The number of hydrogen-bond acceptors (Lipinski definition) is 2. The largest absolute Gasteiger partial charge is 0.293 e. The second-order valence-corrected chi connectivity index (χ2v) is 5.22. The van der Waals surface area contributed by atoms with Gasteiger partial charge in [-0.1, -0.05) is 12.8 Å². The van der Waals surface area contributed by atoms with Gasteiger partial charge in [0.15, 0.2) is 5.78 Å². The Bertz CT molecular complexity index is 461. The average Bonchev–Trinajstić information content (AvgIpc) is 2.55. The van der Waals surface area contributed by atoms with Crippen LogP contribution < -0.4 is 0 Å². The van der Waals surface area contributed by atoms with Crippen LogP contribution in [0, 0.1) is 11.6 Å².